The van der Waals surface area contributed by atoms with Crippen molar-refractivity contribution < 1.29 is 0 Å². The summed E-state index contributed by atoms with van der Waals surface area (Å²) in [6, 6.07) is 1.17. The summed E-state index contributed by atoms with van der Waals surface area (Å²) in [6.45, 7) is 5.05. The first-order valence-corrected chi connectivity index (χ1v) is 5.94. The fourth-order valence-electron chi connectivity index (χ4n) is 1.58. The molecule has 88 valence electrons. The maximum atomic E-state index is 4.44. The second-order valence-electron chi connectivity index (χ2n) is 4.74. The molecule has 0 aromatic carbocycles. The van der Waals surface area contributed by atoms with Crippen molar-refractivity contribution in [3.8, 4) is 0 Å². The fraction of sp³-hybridized carbons (Fsp3) is 0.667. The van der Waals surface area contributed by atoms with Gasteiger partial charge in [-0.25, -0.2) is 4.98 Å². The van der Waals surface area contributed by atoms with Crippen molar-refractivity contribution in [2.24, 2.45) is 0 Å². The van der Waals surface area contributed by atoms with Gasteiger partial charge in [-0.05, 0) is 12.8 Å². The van der Waals surface area contributed by atoms with Gasteiger partial charge in [0.15, 0.2) is 0 Å². The first-order valence-electron chi connectivity index (χ1n) is 5.94. The Kier molecular flexibility index (Phi) is 3.39. The number of anilines is 1. The van der Waals surface area contributed by atoms with Crippen molar-refractivity contribution in [2.75, 3.05) is 11.9 Å². The highest BCUT2D eigenvalue weighted by atomic mass is 15.2. The molecule has 1 saturated carbocycles. The van der Waals surface area contributed by atoms with Gasteiger partial charge in [0.1, 0.15) is 5.82 Å². The third-order valence-electron chi connectivity index (χ3n) is 2.84. The van der Waals surface area contributed by atoms with Gasteiger partial charge in [-0.15, -0.1) is 0 Å². The van der Waals surface area contributed by atoms with E-state index in [0.29, 0.717) is 12.1 Å². The highest BCUT2D eigenvalue weighted by Crippen LogP contribution is 2.28. The minimum absolute atomic E-state index is 0.482. The molecule has 1 aromatic heterocycles. The van der Waals surface area contributed by atoms with Crippen LogP contribution in [0.1, 0.15) is 32.4 Å². The topological polar surface area (TPSA) is 41.1 Å². The molecule has 0 aliphatic heterocycles. The van der Waals surface area contributed by atoms with E-state index in [1.54, 1.807) is 0 Å². The first kappa shape index (κ1) is 11.3. The molecule has 2 rings (SSSR count). The van der Waals surface area contributed by atoms with E-state index in [-0.39, 0.29) is 0 Å². The van der Waals surface area contributed by atoms with Crippen LogP contribution in [0.2, 0.25) is 0 Å². The predicted molar refractivity (Wildman–Crippen MR) is 65.4 cm³/mol. The Morgan fingerprint density at radius 1 is 1.38 bits per heavy atom. The van der Waals surface area contributed by atoms with Crippen molar-refractivity contribution in [2.45, 2.75) is 45.3 Å². The Labute approximate surface area is 97.1 Å². The fourth-order valence-corrected chi connectivity index (χ4v) is 1.58. The molecule has 1 aliphatic carbocycles. The van der Waals surface area contributed by atoms with Gasteiger partial charge in [0, 0.05) is 25.7 Å². The molecule has 1 heterocycles. The van der Waals surface area contributed by atoms with Crippen LogP contribution >= 0.6 is 0 Å². The molecule has 0 bridgehead atoms. The summed E-state index contributed by atoms with van der Waals surface area (Å²) in [4.78, 5) is 11.1. The molecule has 0 amide bonds. The van der Waals surface area contributed by atoms with E-state index < -0.39 is 0 Å². The molecule has 1 aromatic rings. The number of nitrogens with zero attached hydrogens (tertiary/aromatic N) is 3. The molecule has 4 heteroatoms. The van der Waals surface area contributed by atoms with Gasteiger partial charge in [-0.1, -0.05) is 13.8 Å². The molecule has 0 atom stereocenters. The van der Waals surface area contributed by atoms with Gasteiger partial charge in [0.05, 0.1) is 18.1 Å². The van der Waals surface area contributed by atoms with E-state index in [2.05, 4.69) is 41.1 Å². The molecular formula is C12H20N4. The summed E-state index contributed by atoms with van der Waals surface area (Å²) in [5.41, 5.74) is 1.00. The lowest BCUT2D eigenvalue weighted by Gasteiger charge is -2.16. The van der Waals surface area contributed by atoms with E-state index in [4.69, 9.17) is 0 Å². The van der Waals surface area contributed by atoms with Crippen LogP contribution in [0, 0.1) is 0 Å². The van der Waals surface area contributed by atoms with E-state index in [9.17, 15) is 0 Å². The quantitative estimate of drug-likeness (QED) is 0.818. The highest BCUT2D eigenvalue weighted by molar-refractivity contribution is 5.37. The number of hydrogen-bond acceptors (Lipinski definition) is 4. The summed E-state index contributed by atoms with van der Waals surface area (Å²) >= 11 is 0. The normalized spacial score (nSPS) is 15.5. The number of hydrogen-bond donors (Lipinski definition) is 1. The summed E-state index contributed by atoms with van der Waals surface area (Å²) in [7, 11) is 2.09. The van der Waals surface area contributed by atoms with Gasteiger partial charge < -0.3 is 10.2 Å². The van der Waals surface area contributed by atoms with Crippen molar-refractivity contribution in [1.29, 1.82) is 0 Å². The lowest BCUT2D eigenvalue weighted by molar-refractivity contribution is 0.580. The zero-order valence-electron chi connectivity index (χ0n) is 10.3. The van der Waals surface area contributed by atoms with Crippen LogP contribution in [0.3, 0.4) is 0 Å². The number of rotatable bonds is 5. The van der Waals surface area contributed by atoms with Crippen molar-refractivity contribution in [3.63, 3.8) is 0 Å². The average molecular weight is 220 g/mol. The predicted octanol–water partition coefficient (Wildman–Crippen LogP) is 1.57. The molecular weight excluding hydrogens is 200 g/mol. The second-order valence-corrected chi connectivity index (χ2v) is 4.74. The Bertz CT molecular complexity index is 329. The monoisotopic (exact) mass is 220 g/mol. The first-order chi connectivity index (χ1) is 7.66. The second kappa shape index (κ2) is 4.78. The van der Waals surface area contributed by atoms with E-state index in [1.807, 2.05) is 12.4 Å². The van der Waals surface area contributed by atoms with Crippen LogP contribution < -0.4 is 10.2 Å². The van der Waals surface area contributed by atoms with Crippen molar-refractivity contribution in [3.05, 3.63) is 18.1 Å². The molecule has 0 saturated heterocycles. The van der Waals surface area contributed by atoms with Crippen molar-refractivity contribution >= 4 is 5.82 Å². The van der Waals surface area contributed by atoms with E-state index in [1.165, 1.54) is 12.8 Å². The maximum Gasteiger partial charge on any atom is 0.147 e. The van der Waals surface area contributed by atoms with Gasteiger partial charge in [0.25, 0.3) is 0 Å². The Morgan fingerprint density at radius 2 is 2.12 bits per heavy atom. The minimum atomic E-state index is 0.482. The Hall–Kier alpha value is -1.16. The van der Waals surface area contributed by atoms with Crippen LogP contribution in [0.15, 0.2) is 12.4 Å². The standard InChI is InChI=1S/C12H20N4/c1-9(2)13-6-10-7-15-12(8-14-10)16(3)11-4-5-11/h7-9,11,13H,4-6H2,1-3H3. The molecule has 1 aliphatic rings. The molecule has 16 heavy (non-hydrogen) atoms. The van der Waals surface area contributed by atoms with Crippen LogP contribution in [0.5, 0.6) is 0 Å². The van der Waals surface area contributed by atoms with Crippen LogP contribution in [-0.4, -0.2) is 29.1 Å². The Morgan fingerprint density at radius 3 is 2.62 bits per heavy atom. The van der Waals surface area contributed by atoms with Crippen LogP contribution in [0.25, 0.3) is 0 Å². The Balaban J connectivity index is 1.93. The summed E-state index contributed by atoms with van der Waals surface area (Å²) < 4.78 is 0. The molecule has 1 fully saturated rings. The molecule has 0 unspecified atom stereocenters. The molecule has 0 spiro atoms. The van der Waals surface area contributed by atoms with Gasteiger partial charge in [-0.3, -0.25) is 4.98 Å². The lowest BCUT2D eigenvalue weighted by Crippen LogP contribution is -2.23. The highest BCUT2D eigenvalue weighted by Gasteiger charge is 2.27. The zero-order valence-corrected chi connectivity index (χ0v) is 10.3. The largest absolute Gasteiger partial charge is 0.355 e. The minimum Gasteiger partial charge on any atom is -0.355 e. The van der Waals surface area contributed by atoms with E-state index in [0.717, 1.165) is 18.1 Å². The third-order valence-corrected chi connectivity index (χ3v) is 2.84. The van der Waals surface area contributed by atoms with Crippen LogP contribution in [-0.2, 0) is 6.54 Å². The number of nitrogens with one attached hydrogen (secondary N) is 1. The lowest BCUT2D eigenvalue weighted by atomic mass is 10.3. The zero-order chi connectivity index (χ0) is 11.5. The summed E-state index contributed by atoms with van der Waals surface area (Å²) in [6.07, 6.45) is 6.31. The molecule has 4 nitrogen and oxygen atoms in total. The SMILES string of the molecule is CC(C)NCc1cnc(N(C)C2CC2)cn1. The maximum absolute atomic E-state index is 4.44. The third kappa shape index (κ3) is 2.92. The summed E-state index contributed by atoms with van der Waals surface area (Å²) in [5.74, 6) is 0.982. The molecule has 0 radical (unpaired) electrons. The van der Waals surface area contributed by atoms with Gasteiger partial charge in [0.2, 0.25) is 0 Å². The molecule has 1 N–H and O–H groups in total. The van der Waals surface area contributed by atoms with Crippen molar-refractivity contribution in [1.82, 2.24) is 15.3 Å². The van der Waals surface area contributed by atoms with Gasteiger partial charge >= 0.3 is 0 Å². The van der Waals surface area contributed by atoms with Gasteiger partial charge in [-0.2, -0.15) is 0 Å². The number of aromatic nitrogens is 2. The van der Waals surface area contributed by atoms with Crippen LogP contribution in [0.4, 0.5) is 5.82 Å². The average Bonchev–Trinajstić information content (AvgIpc) is 3.10. The van der Waals surface area contributed by atoms with E-state index >= 15 is 0 Å². The smallest absolute Gasteiger partial charge is 0.147 e. The summed E-state index contributed by atoms with van der Waals surface area (Å²) in [5, 5.41) is 3.33.